The molecule has 2 aliphatic heterocycles. The predicted molar refractivity (Wildman–Crippen MR) is 125 cm³/mol. The minimum absolute atomic E-state index is 0.0652. The average molecular weight is 435 g/mol. The largest absolute Gasteiger partial charge is 0.491 e. The van der Waals surface area contributed by atoms with Crippen LogP contribution in [0.3, 0.4) is 0 Å². The number of ether oxygens (including phenoxy) is 1. The van der Waals surface area contributed by atoms with E-state index in [1.807, 2.05) is 54.3 Å². The van der Waals surface area contributed by atoms with Gasteiger partial charge in [-0.1, -0.05) is 55.0 Å². The summed E-state index contributed by atoms with van der Waals surface area (Å²) < 4.78 is 6.03. The molecule has 4 rings (SSSR count). The van der Waals surface area contributed by atoms with Gasteiger partial charge < -0.3 is 15.0 Å². The highest BCUT2D eigenvalue weighted by molar-refractivity contribution is 5.84. The van der Waals surface area contributed by atoms with Crippen LogP contribution in [0.2, 0.25) is 0 Å². The van der Waals surface area contributed by atoms with Gasteiger partial charge in [0.25, 0.3) is 0 Å². The number of para-hydroxylation sites is 1. The van der Waals surface area contributed by atoms with Crippen molar-refractivity contribution in [3.63, 3.8) is 0 Å². The molecule has 32 heavy (non-hydrogen) atoms. The number of hydrogen-bond acceptors (Lipinski definition) is 3. The Balaban J connectivity index is 1.41. The van der Waals surface area contributed by atoms with E-state index in [1.54, 1.807) is 0 Å². The van der Waals surface area contributed by atoms with E-state index >= 15 is 0 Å². The molecule has 0 bridgehead atoms. The minimum Gasteiger partial charge on any atom is -0.491 e. The van der Waals surface area contributed by atoms with E-state index in [9.17, 15) is 9.59 Å². The van der Waals surface area contributed by atoms with Gasteiger partial charge in [0.1, 0.15) is 12.4 Å². The van der Waals surface area contributed by atoms with E-state index in [2.05, 4.69) is 17.4 Å². The van der Waals surface area contributed by atoms with Gasteiger partial charge >= 0.3 is 0 Å². The normalized spacial score (nSPS) is 21.5. The number of aryl methyl sites for hydroxylation is 1. The van der Waals surface area contributed by atoms with E-state index in [4.69, 9.17) is 4.74 Å². The van der Waals surface area contributed by atoms with E-state index < -0.39 is 5.41 Å². The zero-order valence-electron chi connectivity index (χ0n) is 19.0. The molecule has 1 fully saturated rings. The number of amides is 2. The number of fused-ring (bicyclic) bond motifs is 1. The maximum absolute atomic E-state index is 13.4. The van der Waals surface area contributed by atoms with Gasteiger partial charge in [-0.3, -0.25) is 9.59 Å². The highest BCUT2D eigenvalue weighted by Gasteiger charge is 2.42. The molecule has 2 aromatic rings. The average Bonchev–Trinajstić information content (AvgIpc) is 2.81. The van der Waals surface area contributed by atoms with Gasteiger partial charge in [-0.2, -0.15) is 0 Å². The number of carbonyl (C=O) groups excluding carboxylic acids is 2. The van der Waals surface area contributed by atoms with Gasteiger partial charge in [-0.05, 0) is 56.2 Å². The SMILES string of the molecule is C[C@@H]1COc2ccccc2CCCCC2(CCN(C(=O)Cc3ccccc3)CC2)C(=O)N1. The van der Waals surface area contributed by atoms with Crippen LogP contribution in [-0.4, -0.2) is 42.5 Å². The van der Waals surface area contributed by atoms with E-state index in [0.29, 0.717) is 26.1 Å². The first-order chi connectivity index (χ1) is 15.6. The molecule has 5 heteroatoms. The first-order valence-corrected chi connectivity index (χ1v) is 11.9. The summed E-state index contributed by atoms with van der Waals surface area (Å²) in [5, 5.41) is 3.21. The zero-order chi connectivity index (χ0) is 22.4. The Kier molecular flexibility index (Phi) is 7.13. The van der Waals surface area contributed by atoms with E-state index in [0.717, 1.165) is 49.8 Å². The molecule has 0 radical (unpaired) electrons. The molecule has 1 N–H and O–H groups in total. The molecule has 2 heterocycles. The highest BCUT2D eigenvalue weighted by Crippen LogP contribution is 2.38. The third kappa shape index (κ3) is 5.32. The van der Waals surface area contributed by atoms with Crippen molar-refractivity contribution in [1.29, 1.82) is 0 Å². The molecule has 0 saturated carbocycles. The summed E-state index contributed by atoms with van der Waals surface area (Å²) in [4.78, 5) is 28.1. The fourth-order valence-corrected chi connectivity index (χ4v) is 4.92. The number of benzene rings is 2. The van der Waals surface area contributed by atoms with Crippen LogP contribution in [0, 0.1) is 5.41 Å². The van der Waals surface area contributed by atoms with Crippen LogP contribution in [0.4, 0.5) is 0 Å². The van der Waals surface area contributed by atoms with Crippen molar-refractivity contribution in [3.05, 3.63) is 65.7 Å². The van der Waals surface area contributed by atoms with Crippen LogP contribution < -0.4 is 10.1 Å². The molecule has 0 unspecified atom stereocenters. The second kappa shape index (κ2) is 10.2. The van der Waals surface area contributed by atoms with Gasteiger partial charge in [0.2, 0.25) is 11.8 Å². The van der Waals surface area contributed by atoms with E-state index in [1.165, 1.54) is 5.56 Å². The van der Waals surface area contributed by atoms with Crippen molar-refractivity contribution >= 4 is 11.8 Å². The molecule has 2 aliphatic rings. The first kappa shape index (κ1) is 22.4. The second-order valence-corrected chi connectivity index (χ2v) is 9.32. The van der Waals surface area contributed by atoms with E-state index in [-0.39, 0.29) is 17.9 Å². The molecule has 170 valence electrons. The maximum Gasteiger partial charge on any atom is 0.226 e. The third-order valence-electron chi connectivity index (χ3n) is 6.94. The lowest BCUT2D eigenvalue weighted by Crippen LogP contribution is -2.52. The number of hydrogen-bond donors (Lipinski definition) is 1. The lowest BCUT2D eigenvalue weighted by atomic mass is 9.73. The number of nitrogens with one attached hydrogen (secondary N) is 1. The van der Waals surface area contributed by atoms with Crippen LogP contribution in [-0.2, 0) is 22.4 Å². The standard InChI is InChI=1S/C27H34N2O3/c1-21-20-32-24-13-6-5-11-23(24)12-7-8-14-27(26(31)28-21)15-17-29(18-16-27)25(30)19-22-9-3-2-4-10-22/h2-6,9-11,13,21H,7-8,12,14-20H2,1H3,(H,28,31)/t21-/m1/s1. The van der Waals surface area contributed by atoms with Gasteiger partial charge in [-0.25, -0.2) is 0 Å². The molecular weight excluding hydrogens is 400 g/mol. The molecule has 1 saturated heterocycles. The summed E-state index contributed by atoms with van der Waals surface area (Å²) in [6, 6.07) is 18.0. The Labute approximate surface area is 191 Å². The lowest BCUT2D eigenvalue weighted by molar-refractivity contribution is -0.141. The Morgan fingerprint density at radius 3 is 2.53 bits per heavy atom. The smallest absolute Gasteiger partial charge is 0.226 e. The summed E-state index contributed by atoms with van der Waals surface area (Å²) >= 11 is 0. The molecular formula is C27H34N2O3. The maximum atomic E-state index is 13.4. The number of likely N-dealkylation sites (tertiary alicyclic amines) is 1. The van der Waals surface area contributed by atoms with Gasteiger partial charge in [0.05, 0.1) is 17.9 Å². The van der Waals surface area contributed by atoms with Gasteiger partial charge in [0.15, 0.2) is 0 Å². The topological polar surface area (TPSA) is 58.6 Å². The van der Waals surface area contributed by atoms with Crippen molar-refractivity contribution < 1.29 is 14.3 Å². The third-order valence-corrected chi connectivity index (χ3v) is 6.94. The highest BCUT2D eigenvalue weighted by atomic mass is 16.5. The fourth-order valence-electron chi connectivity index (χ4n) is 4.92. The summed E-state index contributed by atoms with van der Waals surface area (Å²) in [6.07, 6.45) is 5.73. The quantitative estimate of drug-likeness (QED) is 0.773. The first-order valence-electron chi connectivity index (χ1n) is 11.9. The van der Waals surface area contributed by atoms with Crippen molar-refractivity contribution in [3.8, 4) is 5.75 Å². The Morgan fingerprint density at radius 2 is 1.75 bits per heavy atom. The van der Waals surface area contributed by atoms with Crippen LogP contribution in [0.1, 0.15) is 50.2 Å². The minimum atomic E-state index is -0.392. The number of piperidine rings is 1. The zero-order valence-corrected chi connectivity index (χ0v) is 19.0. The van der Waals surface area contributed by atoms with Crippen molar-refractivity contribution in [2.75, 3.05) is 19.7 Å². The van der Waals surface area contributed by atoms with Gasteiger partial charge in [-0.15, -0.1) is 0 Å². The predicted octanol–water partition coefficient (Wildman–Crippen LogP) is 4.15. The molecule has 5 nitrogen and oxygen atoms in total. The fraction of sp³-hybridized carbons (Fsp3) is 0.481. The summed E-state index contributed by atoms with van der Waals surface area (Å²) in [5.41, 5.74) is 1.88. The van der Waals surface area contributed by atoms with Crippen molar-refractivity contribution in [1.82, 2.24) is 10.2 Å². The number of carbonyl (C=O) groups is 2. The Hall–Kier alpha value is -2.82. The molecule has 0 aliphatic carbocycles. The van der Waals surface area contributed by atoms with Crippen LogP contribution >= 0.6 is 0 Å². The monoisotopic (exact) mass is 434 g/mol. The molecule has 1 atom stereocenters. The Morgan fingerprint density at radius 1 is 1.03 bits per heavy atom. The summed E-state index contributed by atoms with van der Waals surface area (Å²) in [6.45, 7) is 3.75. The van der Waals surface area contributed by atoms with Gasteiger partial charge in [0, 0.05) is 13.1 Å². The van der Waals surface area contributed by atoms with Crippen molar-refractivity contribution in [2.45, 2.75) is 57.9 Å². The molecule has 0 aromatic heterocycles. The Bertz CT molecular complexity index is 920. The van der Waals surface area contributed by atoms with Crippen LogP contribution in [0.5, 0.6) is 5.75 Å². The summed E-state index contributed by atoms with van der Waals surface area (Å²) in [7, 11) is 0. The molecule has 1 spiro atoms. The summed E-state index contributed by atoms with van der Waals surface area (Å²) in [5.74, 6) is 1.20. The number of rotatable bonds is 2. The number of nitrogens with zero attached hydrogens (tertiary/aromatic N) is 1. The van der Waals surface area contributed by atoms with Crippen LogP contribution in [0.15, 0.2) is 54.6 Å². The lowest BCUT2D eigenvalue weighted by Gasteiger charge is -2.41. The van der Waals surface area contributed by atoms with Crippen LogP contribution in [0.25, 0.3) is 0 Å². The molecule has 2 aromatic carbocycles. The van der Waals surface area contributed by atoms with Crippen molar-refractivity contribution in [2.24, 2.45) is 5.41 Å². The second-order valence-electron chi connectivity index (χ2n) is 9.32. The molecule has 2 amide bonds.